The van der Waals surface area contributed by atoms with Crippen LogP contribution in [0.1, 0.15) is 213 Å². The van der Waals surface area contributed by atoms with Crippen LogP contribution < -0.4 is 5.32 Å². The summed E-state index contributed by atoms with van der Waals surface area (Å²) in [5.41, 5.74) is 3.04. The minimum atomic E-state index is 0.255. The number of fused-ring (bicyclic) bond motifs is 2. The molecular weight excluding hydrogens is 593 g/mol. The van der Waals surface area contributed by atoms with E-state index >= 15 is 0 Å². The Labute approximate surface area is 302 Å². The molecule has 4 aliphatic rings. The summed E-state index contributed by atoms with van der Waals surface area (Å²) in [6.45, 7) is 32.3. The van der Waals surface area contributed by atoms with E-state index in [4.69, 9.17) is 4.99 Å². The summed E-state index contributed by atoms with van der Waals surface area (Å²) in [4.78, 5) is 16.4. The number of nitrogens with one attached hydrogen (secondary N) is 1. The van der Waals surface area contributed by atoms with Gasteiger partial charge >= 0.3 is 0 Å². The van der Waals surface area contributed by atoms with Crippen LogP contribution in [-0.4, -0.2) is 35.4 Å². The molecule has 1 heterocycles. The molecule has 0 radical (unpaired) electrons. The molecule has 0 saturated heterocycles. The largest absolute Gasteiger partial charge is 0.307 e. The summed E-state index contributed by atoms with van der Waals surface area (Å²) in [5.74, 6) is 3.12. The average Bonchev–Trinajstić information content (AvgIpc) is 3.51. The Morgan fingerprint density at radius 3 is 1.79 bits per heavy atom. The van der Waals surface area contributed by atoms with Crippen LogP contribution in [0.4, 0.5) is 0 Å². The number of allylic oxidation sites excluding steroid dienone is 1. The van der Waals surface area contributed by atoms with Gasteiger partial charge in [0.25, 0.3) is 0 Å². The van der Waals surface area contributed by atoms with E-state index in [0.29, 0.717) is 12.5 Å². The highest BCUT2D eigenvalue weighted by Crippen LogP contribution is 2.43. The quantitative estimate of drug-likeness (QED) is 0.250. The second kappa shape index (κ2) is 35.2. The van der Waals surface area contributed by atoms with E-state index in [1.54, 1.807) is 17.4 Å². The zero-order valence-electron chi connectivity index (χ0n) is 35.0. The standard InChI is InChI=1S/C25H42N2S.C4H8O.2C4H10.3C2H6/c1-4-8-24-25(28-21-9-6-5-7-10-21)22(16-26-24)18(3)27-23-12-11-19-13-17(2)14-20(23)15-19;1-3-4(2)5;2*1-3-4-2;3*1-2/h17-21,23,27H,4-16H2,1-3H3;3H2,1-2H3;2*3-4H2,1-2H3;3*1-2H3. The third-order valence-corrected chi connectivity index (χ3v) is 10.9. The van der Waals surface area contributed by atoms with Crippen LogP contribution in [0.3, 0.4) is 0 Å². The molecule has 0 spiro atoms. The average molecular weight is 681 g/mol. The number of hydrogen-bond acceptors (Lipinski definition) is 4. The van der Waals surface area contributed by atoms with Gasteiger partial charge in [-0.1, -0.05) is 141 Å². The van der Waals surface area contributed by atoms with Crippen molar-refractivity contribution in [2.45, 2.75) is 230 Å². The predicted molar refractivity (Wildman–Crippen MR) is 220 cm³/mol. The lowest BCUT2D eigenvalue weighted by Gasteiger charge is -2.44. The van der Waals surface area contributed by atoms with Gasteiger partial charge in [-0.3, -0.25) is 4.99 Å². The minimum Gasteiger partial charge on any atom is -0.307 e. The molecule has 3 aliphatic carbocycles. The van der Waals surface area contributed by atoms with Gasteiger partial charge < -0.3 is 10.1 Å². The van der Waals surface area contributed by atoms with E-state index in [1.165, 1.54) is 102 Å². The van der Waals surface area contributed by atoms with Crippen LogP contribution in [0.2, 0.25) is 0 Å². The first-order chi connectivity index (χ1) is 22.7. The fraction of sp³-hybridized carbons (Fsp3) is 0.907. The zero-order chi connectivity index (χ0) is 36.6. The summed E-state index contributed by atoms with van der Waals surface area (Å²) in [7, 11) is 0. The van der Waals surface area contributed by atoms with E-state index in [9.17, 15) is 4.79 Å². The van der Waals surface area contributed by atoms with Gasteiger partial charge in [0, 0.05) is 34.4 Å². The zero-order valence-corrected chi connectivity index (χ0v) is 35.8. The Bertz CT molecular complexity index is 745. The number of aliphatic imine (C=N–C) groups is 1. The predicted octanol–water partition coefficient (Wildman–Crippen LogP) is 14.4. The minimum absolute atomic E-state index is 0.255. The molecule has 2 bridgehead atoms. The maximum Gasteiger partial charge on any atom is 0.129 e. The molecule has 4 rings (SSSR count). The van der Waals surface area contributed by atoms with Crippen molar-refractivity contribution < 1.29 is 4.79 Å². The first-order valence-corrected chi connectivity index (χ1v) is 21.8. The van der Waals surface area contributed by atoms with Crippen molar-refractivity contribution >= 4 is 23.3 Å². The smallest absolute Gasteiger partial charge is 0.129 e. The maximum atomic E-state index is 9.81. The normalized spacial score (nSPS) is 23.4. The van der Waals surface area contributed by atoms with Crippen molar-refractivity contribution in [1.29, 1.82) is 0 Å². The molecule has 3 fully saturated rings. The molecule has 5 atom stereocenters. The van der Waals surface area contributed by atoms with Gasteiger partial charge in [0.2, 0.25) is 0 Å². The highest BCUT2D eigenvalue weighted by atomic mass is 32.2. The molecule has 3 nitrogen and oxygen atoms in total. The second-order valence-electron chi connectivity index (χ2n) is 13.3. The van der Waals surface area contributed by atoms with Crippen molar-refractivity contribution in [3.8, 4) is 0 Å². The van der Waals surface area contributed by atoms with Crippen LogP contribution in [0, 0.1) is 17.8 Å². The monoisotopic (exact) mass is 681 g/mol. The topological polar surface area (TPSA) is 41.5 Å². The molecule has 282 valence electrons. The van der Waals surface area contributed by atoms with Crippen LogP contribution in [-0.2, 0) is 4.79 Å². The number of carbonyl (C=O) groups is 1. The van der Waals surface area contributed by atoms with E-state index in [0.717, 1.165) is 42.0 Å². The van der Waals surface area contributed by atoms with Gasteiger partial charge in [-0.15, -0.1) is 11.8 Å². The number of nitrogens with zero attached hydrogens (tertiary/aromatic N) is 1. The Kier molecular flexibility index (Phi) is 38.0. The van der Waals surface area contributed by atoms with Crippen molar-refractivity contribution in [2.24, 2.45) is 22.7 Å². The number of unbranched alkanes of at least 4 members (excludes halogenated alkanes) is 2. The number of Topliss-reactive ketones (excluding diaryl/α,β-unsaturated/α-hetero) is 1. The van der Waals surface area contributed by atoms with E-state index < -0.39 is 0 Å². The fourth-order valence-corrected chi connectivity index (χ4v) is 8.02. The van der Waals surface area contributed by atoms with Crippen molar-refractivity contribution in [3.05, 3.63) is 10.5 Å². The third-order valence-electron chi connectivity index (χ3n) is 9.33. The Hall–Kier alpha value is -0.610. The van der Waals surface area contributed by atoms with Gasteiger partial charge in [0.15, 0.2) is 0 Å². The Balaban J connectivity index is -0.000000851. The summed E-state index contributed by atoms with van der Waals surface area (Å²) < 4.78 is 0. The molecule has 47 heavy (non-hydrogen) atoms. The number of thioether (sulfide) groups is 1. The van der Waals surface area contributed by atoms with Gasteiger partial charge in [-0.2, -0.15) is 0 Å². The molecule has 0 amide bonds. The van der Waals surface area contributed by atoms with Crippen molar-refractivity contribution in [1.82, 2.24) is 5.32 Å². The summed E-state index contributed by atoms with van der Waals surface area (Å²) >= 11 is 2.20. The van der Waals surface area contributed by atoms with Gasteiger partial charge in [0.1, 0.15) is 5.78 Å². The van der Waals surface area contributed by atoms with E-state index in [-0.39, 0.29) is 5.78 Å². The molecule has 3 saturated carbocycles. The first-order valence-electron chi connectivity index (χ1n) is 20.9. The fourth-order valence-electron chi connectivity index (χ4n) is 6.42. The van der Waals surface area contributed by atoms with Crippen LogP contribution in [0.25, 0.3) is 0 Å². The number of carbonyl (C=O) groups excluding carboxylic acids is 1. The van der Waals surface area contributed by atoms with Crippen molar-refractivity contribution in [3.63, 3.8) is 0 Å². The highest BCUT2D eigenvalue weighted by molar-refractivity contribution is 8.04. The van der Waals surface area contributed by atoms with Gasteiger partial charge in [0.05, 0.1) is 6.54 Å². The van der Waals surface area contributed by atoms with Crippen LogP contribution >= 0.6 is 11.8 Å². The molecule has 4 heteroatoms. The lowest BCUT2D eigenvalue weighted by atomic mass is 9.66. The van der Waals surface area contributed by atoms with Crippen LogP contribution in [0.15, 0.2) is 15.5 Å². The second-order valence-corrected chi connectivity index (χ2v) is 14.6. The number of rotatable bonds is 10. The summed E-state index contributed by atoms with van der Waals surface area (Å²) in [5, 5.41) is 4.96. The Morgan fingerprint density at radius 2 is 1.32 bits per heavy atom. The molecule has 1 aliphatic heterocycles. The number of ketones is 1. The summed E-state index contributed by atoms with van der Waals surface area (Å²) in [6.07, 6.45) is 22.7. The third kappa shape index (κ3) is 23.4. The van der Waals surface area contributed by atoms with E-state index in [1.807, 2.05) is 48.5 Å². The molecule has 0 aromatic carbocycles. The Morgan fingerprint density at radius 1 is 0.787 bits per heavy atom. The lowest BCUT2D eigenvalue weighted by molar-refractivity contribution is -0.116. The maximum absolute atomic E-state index is 9.81. The highest BCUT2D eigenvalue weighted by Gasteiger charge is 2.37. The van der Waals surface area contributed by atoms with Crippen molar-refractivity contribution in [2.75, 3.05) is 6.54 Å². The molecule has 5 unspecified atom stereocenters. The molecule has 1 N–H and O–H groups in total. The first kappa shape index (κ1) is 50.8. The molecule has 0 aromatic rings. The number of hydrogen-bond donors (Lipinski definition) is 1. The van der Waals surface area contributed by atoms with E-state index in [2.05, 4.69) is 65.5 Å². The molecular formula is C43H88N2OS. The lowest BCUT2D eigenvalue weighted by Crippen LogP contribution is -2.48. The summed E-state index contributed by atoms with van der Waals surface area (Å²) in [6, 6.07) is 1.22. The SMILES string of the molecule is CC.CC.CC.CCC(C)=O.CCCC.CCCC.CCCC1=NCC(C(C)NC2CCC3CC(C)CC2C3)=C1SC1CCCCC1. The van der Waals surface area contributed by atoms with Gasteiger partial charge in [-0.25, -0.2) is 0 Å². The van der Waals surface area contributed by atoms with Crippen LogP contribution in [0.5, 0.6) is 0 Å². The van der Waals surface area contributed by atoms with Gasteiger partial charge in [-0.05, 0) is 88.5 Å². The molecule has 0 aromatic heterocycles.